The largest absolute Gasteiger partial charge is 0.496 e. The van der Waals surface area contributed by atoms with E-state index in [9.17, 15) is 14.4 Å². The first-order chi connectivity index (χ1) is 9.06. The van der Waals surface area contributed by atoms with Gasteiger partial charge in [-0.15, -0.1) is 0 Å². The maximum Gasteiger partial charge on any atom is 0.259 e. The number of hydrogen-bond donors (Lipinski definition) is 0. The predicted molar refractivity (Wildman–Crippen MR) is 67.2 cm³/mol. The van der Waals surface area contributed by atoms with Crippen molar-refractivity contribution in [2.45, 2.75) is 32.4 Å². The highest BCUT2D eigenvalue weighted by molar-refractivity contribution is 6.02. The molecule has 1 amide bonds. The van der Waals surface area contributed by atoms with E-state index in [0.29, 0.717) is 12.2 Å². The summed E-state index contributed by atoms with van der Waals surface area (Å²) in [6, 6.07) is 3.65. The fourth-order valence-electron chi connectivity index (χ4n) is 2.40. The number of methoxy groups -OCH3 is 1. The third-order valence-corrected chi connectivity index (χ3v) is 3.56. The zero-order valence-corrected chi connectivity index (χ0v) is 11.1. The van der Waals surface area contributed by atoms with Gasteiger partial charge in [-0.05, 0) is 25.5 Å². The lowest BCUT2D eigenvalue weighted by Crippen LogP contribution is -2.35. The molecule has 5 heteroatoms. The predicted octanol–water partition coefficient (Wildman–Crippen LogP) is 2.65. The van der Waals surface area contributed by atoms with E-state index < -0.39 is 11.9 Å². The maximum absolute atomic E-state index is 14.0. The highest BCUT2D eigenvalue weighted by Crippen LogP contribution is 2.41. The number of carbonyl (C=O) groups excluding carboxylic acids is 1. The monoisotopic (exact) mass is 262 g/mol. The molecule has 0 saturated carbocycles. The van der Waals surface area contributed by atoms with Crippen LogP contribution in [0.25, 0.3) is 0 Å². The third-order valence-electron chi connectivity index (χ3n) is 3.56. The Kier molecular flexibility index (Phi) is 3.43. The van der Waals surface area contributed by atoms with E-state index in [0.717, 1.165) is 0 Å². The molecule has 1 aromatic carbocycles. The Bertz CT molecular complexity index is 565. The molecular weight excluding hydrogens is 247 g/mol. The molecule has 0 saturated heterocycles. The van der Waals surface area contributed by atoms with Crippen LogP contribution in [0.5, 0.6) is 5.75 Å². The van der Waals surface area contributed by atoms with Gasteiger partial charge in [-0.2, -0.15) is 5.26 Å². The van der Waals surface area contributed by atoms with Crippen LogP contribution < -0.4 is 4.74 Å². The molecule has 0 radical (unpaired) electrons. The number of hydrogen-bond acceptors (Lipinski definition) is 3. The van der Waals surface area contributed by atoms with Gasteiger partial charge in [-0.1, -0.05) is 6.92 Å². The van der Waals surface area contributed by atoms with Crippen molar-refractivity contribution in [3.05, 3.63) is 29.1 Å². The Hall–Kier alpha value is -2.09. The number of nitriles is 1. The van der Waals surface area contributed by atoms with Gasteiger partial charge >= 0.3 is 0 Å². The van der Waals surface area contributed by atoms with Crippen LogP contribution in [0.3, 0.4) is 0 Å². The van der Waals surface area contributed by atoms with E-state index in [1.807, 2.05) is 19.9 Å². The number of ether oxygens (including phenoxy) is 1. The number of rotatable bonds is 3. The van der Waals surface area contributed by atoms with Crippen molar-refractivity contribution in [2.24, 2.45) is 0 Å². The summed E-state index contributed by atoms with van der Waals surface area (Å²) in [5.41, 5.74) is 0.307. The standard InChI is InChI=1S/C14H15FN2O2/c1-4-8(2)17-10(7-16)12-9(15)5-6-11(19-3)13(12)14(17)18/h5-6,8,10H,4H2,1-3H3. The average molecular weight is 262 g/mol. The normalized spacial score (nSPS) is 19.0. The second-order valence-electron chi connectivity index (χ2n) is 4.54. The van der Waals surface area contributed by atoms with E-state index in [2.05, 4.69) is 0 Å². The van der Waals surface area contributed by atoms with E-state index >= 15 is 0 Å². The van der Waals surface area contributed by atoms with Crippen LogP contribution in [0, 0.1) is 17.1 Å². The fourth-order valence-corrected chi connectivity index (χ4v) is 2.40. The highest BCUT2D eigenvalue weighted by atomic mass is 19.1. The zero-order valence-electron chi connectivity index (χ0n) is 11.1. The van der Waals surface area contributed by atoms with Gasteiger partial charge in [0.15, 0.2) is 0 Å². The van der Waals surface area contributed by atoms with Crippen LogP contribution >= 0.6 is 0 Å². The summed E-state index contributed by atoms with van der Waals surface area (Å²) < 4.78 is 19.1. The second-order valence-corrected chi connectivity index (χ2v) is 4.54. The zero-order chi connectivity index (χ0) is 14.2. The number of fused-ring (bicyclic) bond motifs is 1. The number of nitrogens with zero attached hydrogens (tertiary/aromatic N) is 2. The van der Waals surface area contributed by atoms with Crippen LogP contribution in [0.2, 0.25) is 0 Å². The van der Waals surface area contributed by atoms with E-state index in [1.165, 1.54) is 24.1 Å². The first-order valence-corrected chi connectivity index (χ1v) is 6.15. The summed E-state index contributed by atoms with van der Waals surface area (Å²) >= 11 is 0. The second kappa shape index (κ2) is 4.88. The molecule has 0 aromatic heterocycles. The van der Waals surface area contributed by atoms with E-state index in [-0.39, 0.29) is 23.1 Å². The van der Waals surface area contributed by atoms with Crippen molar-refractivity contribution >= 4 is 5.91 Å². The van der Waals surface area contributed by atoms with Gasteiger partial charge in [-0.3, -0.25) is 4.79 Å². The van der Waals surface area contributed by atoms with Crippen molar-refractivity contribution in [1.29, 1.82) is 5.26 Å². The Morgan fingerprint density at radius 2 is 2.26 bits per heavy atom. The fraction of sp³-hybridized carbons (Fsp3) is 0.429. The van der Waals surface area contributed by atoms with Crippen molar-refractivity contribution in [2.75, 3.05) is 7.11 Å². The van der Waals surface area contributed by atoms with Gasteiger partial charge < -0.3 is 9.64 Å². The Morgan fingerprint density at radius 1 is 1.58 bits per heavy atom. The van der Waals surface area contributed by atoms with Crippen molar-refractivity contribution in [3.8, 4) is 11.8 Å². The quantitative estimate of drug-likeness (QED) is 0.841. The summed E-state index contributed by atoms with van der Waals surface area (Å²) in [5, 5.41) is 9.28. The molecule has 19 heavy (non-hydrogen) atoms. The van der Waals surface area contributed by atoms with Gasteiger partial charge in [0, 0.05) is 11.6 Å². The molecule has 100 valence electrons. The molecular formula is C14H15FN2O2. The van der Waals surface area contributed by atoms with Gasteiger partial charge in [0.2, 0.25) is 0 Å². The lowest BCUT2D eigenvalue weighted by molar-refractivity contribution is 0.0682. The first-order valence-electron chi connectivity index (χ1n) is 6.15. The lowest BCUT2D eigenvalue weighted by atomic mass is 10.0. The van der Waals surface area contributed by atoms with Crippen molar-refractivity contribution in [3.63, 3.8) is 0 Å². The van der Waals surface area contributed by atoms with Gasteiger partial charge in [0.05, 0.1) is 18.7 Å². The molecule has 0 aliphatic carbocycles. The summed E-state index contributed by atoms with van der Waals surface area (Å²) in [6.07, 6.45) is 0.696. The van der Waals surface area contributed by atoms with E-state index in [1.54, 1.807) is 0 Å². The molecule has 1 aliphatic heterocycles. The van der Waals surface area contributed by atoms with Gasteiger partial charge in [0.25, 0.3) is 5.91 Å². The minimum absolute atomic E-state index is 0.131. The molecule has 1 heterocycles. The Morgan fingerprint density at radius 3 is 2.79 bits per heavy atom. The topological polar surface area (TPSA) is 53.3 Å². The molecule has 2 unspecified atom stereocenters. The highest BCUT2D eigenvalue weighted by Gasteiger charge is 2.43. The first kappa shape index (κ1) is 13.3. The number of halogens is 1. The van der Waals surface area contributed by atoms with Gasteiger partial charge in [0.1, 0.15) is 17.6 Å². The smallest absolute Gasteiger partial charge is 0.259 e. The molecule has 2 atom stereocenters. The number of amides is 1. The molecule has 2 rings (SSSR count). The van der Waals surface area contributed by atoms with Crippen LogP contribution in [-0.2, 0) is 0 Å². The van der Waals surface area contributed by atoms with Crippen LogP contribution in [-0.4, -0.2) is 24.0 Å². The summed E-state index contributed by atoms with van der Waals surface area (Å²) in [7, 11) is 1.42. The molecule has 0 fully saturated rings. The van der Waals surface area contributed by atoms with Crippen molar-refractivity contribution in [1.82, 2.24) is 4.90 Å². The van der Waals surface area contributed by atoms with Crippen LogP contribution in [0.1, 0.15) is 42.2 Å². The molecule has 1 aliphatic rings. The van der Waals surface area contributed by atoms with E-state index in [4.69, 9.17) is 4.74 Å². The molecule has 0 N–H and O–H groups in total. The van der Waals surface area contributed by atoms with Crippen LogP contribution in [0.15, 0.2) is 12.1 Å². The summed E-state index contributed by atoms with van der Waals surface area (Å²) in [6.45, 7) is 3.77. The number of benzene rings is 1. The Balaban J connectivity index is 2.65. The maximum atomic E-state index is 14.0. The third kappa shape index (κ3) is 1.84. The average Bonchev–Trinajstić information content (AvgIpc) is 2.73. The molecule has 1 aromatic rings. The van der Waals surface area contributed by atoms with Gasteiger partial charge in [-0.25, -0.2) is 4.39 Å². The van der Waals surface area contributed by atoms with Crippen molar-refractivity contribution < 1.29 is 13.9 Å². The minimum atomic E-state index is -0.882. The summed E-state index contributed by atoms with van der Waals surface area (Å²) in [5.74, 6) is -0.568. The number of carbonyl (C=O) groups is 1. The summed E-state index contributed by atoms with van der Waals surface area (Å²) in [4.78, 5) is 13.9. The Labute approximate surface area is 111 Å². The minimum Gasteiger partial charge on any atom is -0.496 e. The molecule has 4 nitrogen and oxygen atoms in total. The molecule has 0 bridgehead atoms. The lowest BCUT2D eigenvalue weighted by Gasteiger charge is -2.26. The molecule has 0 spiro atoms. The SMILES string of the molecule is CCC(C)N1C(=O)c2c(OC)ccc(F)c2C1C#N. The van der Waals surface area contributed by atoms with Crippen LogP contribution in [0.4, 0.5) is 4.39 Å².